The molecule has 1 aliphatic rings. The molecule has 104 valence electrons. The minimum absolute atomic E-state index is 0.0626. The van der Waals surface area contributed by atoms with Crippen LogP contribution < -0.4 is 10.6 Å². The molecule has 0 fully saturated rings. The molecule has 0 saturated carbocycles. The van der Waals surface area contributed by atoms with Crippen molar-refractivity contribution in [1.82, 2.24) is 0 Å². The van der Waals surface area contributed by atoms with Gasteiger partial charge in [0, 0.05) is 29.9 Å². The van der Waals surface area contributed by atoms with Crippen molar-refractivity contribution in [3.8, 4) is 0 Å². The molecule has 2 nitrogen and oxygen atoms in total. The summed E-state index contributed by atoms with van der Waals surface area (Å²) in [6.07, 6.45) is -2.36. The number of anilines is 2. The maximum absolute atomic E-state index is 13.5. The van der Waals surface area contributed by atoms with E-state index in [4.69, 9.17) is 11.2 Å². The maximum Gasteiger partial charge on any atom is 0.123 e. The van der Waals surface area contributed by atoms with E-state index in [0.717, 1.165) is 17.2 Å². The van der Waals surface area contributed by atoms with E-state index in [0.29, 0.717) is 16.9 Å². The molecular formula is C17H19FN2. The Morgan fingerprint density at radius 2 is 1.85 bits per heavy atom. The second-order valence-electron chi connectivity index (χ2n) is 5.12. The zero-order valence-electron chi connectivity index (χ0n) is 15.5. The van der Waals surface area contributed by atoms with Crippen LogP contribution in [0.5, 0.6) is 0 Å². The van der Waals surface area contributed by atoms with Crippen LogP contribution in [0.4, 0.5) is 15.8 Å². The Morgan fingerprint density at radius 3 is 2.55 bits per heavy atom. The molecule has 0 amide bonds. The van der Waals surface area contributed by atoms with E-state index in [9.17, 15) is 4.39 Å². The standard InChI is InChI=1S/C17H19FN2/c1-11-7-16(8-12(2)17(11)19)20-6-5-13-9-15(18)4-3-14(13)10-20/h3-4,7-9H,5-6,10,19H2,1-2H3/i5D2,6D2. The number of hydrogen-bond donors (Lipinski definition) is 1. The van der Waals surface area contributed by atoms with Gasteiger partial charge in [-0.05, 0) is 66.7 Å². The van der Waals surface area contributed by atoms with Gasteiger partial charge in [0.05, 0.1) is 0 Å². The molecule has 3 heteroatoms. The smallest absolute Gasteiger partial charge is 0.123 e. The molecule has 0 atom stereocenters. The van der Waals surface area contributed by atoms with Crippen LogP contribution in [-0.2, 0) is 12.9 Å². The number of nitrogens with two attached hydrogens (primary N) is 1. The van der Waals surface area contributed by atoms with Gasteiger partial charge in [0.1, 0.15) is 5.82 Å². The van der Waals surface area contributed by atoms with Crippen LogP contribution in [0.15, 0.2) is 30.3 Å². The van der Waals surface area contributed by atoms with Crippen LogP contribution in [0.1, 0.15) is 27.7 Å². The highest BCUT2D eigenvalue weighted by molar-refractivity contribution is 5.63. The van der Waals surface area contributed by atoms with Crippen LogP contribution in [0, 0.1) is 19.7 Å². The van der Waals surface area contributed by atoms with Gasteiger partial charge in [-0.3, -0.25) is 0 Å². The highest BCUT2D eigenvalue weighted by atomic mass is 19.1. The fraction of sp³-hybridized carbons (Fsp3) is 0.294. The third-order valence-electron chi connectivity index (χ3n) is 3.62. The lowest BCUT2D eigenvalue weighted by atomic mass is 9.98. The van der Waals surface area contributed by atoms with Crippen LogP contribution in [0.25, 0.3) is 0 Å². The van der Waals surface area contributed by atoms with Gasteiger partial charge >= 0.3 is 0 Å². The fourth-order valence-electron chi connectivity index (χ4n) is 2.40. The number of rotatable bonds is 1. The summed E-state index contributed by atoms with van der Waals surface area (Å²) in [5, 5.41) is 0. The summed E-state index contributed by atoms with van der Waals surface area (Å²) < 4.78 is 46.9. The largest absolute Gasteiger partial charge is 0.398 e. The topological polar surface area (TPSA) is 29.3 Å². The van der Waals surface area contributed by atoms with Crippen molar-refractivity contribution in [2.75, 3.05) is 17.1 Å². The summed E-state index contributed by atoms with van der Waals surface area (Å²) in [5.41, 5.74) is 9.42. The minimum atomic E-state index is -2.36. The Morgan fingerprint density at radius 1 is 1.15 bits per heavy atom. The summed E-state index contributed by atoms with van der Waals surface area (Å²) in [6, 6.07) is 7.38. The van der Waals surface area contributed by atoms with Crippen molar-refractivity contribution >= 4 is 11.4 Å². The van der Waals surface area contributed by atoms with E-state index in [1.165, 1.54) is 17.0 Å². The van der Waals surface area contributed by atoms with Gasteiger partial charge in [0.25, 0.3) is 0 Å². The van der Waals surface area contributed by atoms with E-state index in [1.807, 2.05) is 13.8 Å². The SMILES string of the molecule is [2H]C1([2H])c2cc(F)ccc2CN(c2cc(C)c(N)c(C)c2)C1([2H])[2H]. The molecule has 0 saturated heterocycles. The first-order chi connectivity index (χ1) is 11.1. The Bertz CT molecular complexity index is 797. The molecule has 0 bridgehead atoms. The molecule has 20 heavy (non-hydrogen) atoms. The number of hydrogen-bond acceptors (Lipinski definition) is 2. The van der Waals surface area contributed by atoms with E-state index in [-0.39, 0.29) is 12.1 Å². The third kappa shape index (κ3) is 2.24. The van der Waals surface area contributed by atoms with Gasteiger partial charge in [0.2, 0.25) is 0 Å². The summed E-state index contributed by atoms with van der Waals surface area (Å²) in [6.45, 7) is 1.50. The summed E-state index contributed by atoms with van der Waals surface area (Å²) in [7, 11) is 0. The Kier molecular flexibility index (Phi) is 2.17. The monoisotopic (exact) mass is 274 g/mol. The average Bonchev–Trinajstić information content (AvgIpc) is 2.49. The van der Waals surface area contributed by atoms with Crippen molar-refractivity contribution < 1.29 is 9.87 Å². The molecule has 0 unspecified atom stereocenters. The van der Waals surface area contributed by atoms with Gasteiger partial charge in [0.15, 0.2) is 0 Å². The Labute approximate surface area is 124 Å². The van der Waals surface area contributed by atoms with Crippen LogP contribution in [-0.4, -0.2) is 6.50 Å². The first-order valence-electron chi connectivity index (χ1n) is 8.49. The van der Waals surface area contributed by atoms with Crippen molar-refractivity contribution in [2.24, 2.45) is 0 Å². The Hall–Kier alpha value is -2.03. The summed E-state index contributed by atoms with van der Waals surface area (Å²) in [5.74, 6) is -0.568. The first kappa shape index (κ1) is 9.01. The van der Waals surface area contributed by atoms with E-state index in [1.54, 1.807) is 12.1 Å². The lowest BCUT2D eigenvalue weighted by Crippen LogP contribution is -2.30. The lowest BCUT2D eigenvalue weighted by molar-refractivity contribution is 0.619. The zero-order chi connectivity index (χ0) is 17.9. The van der Waals surface area contributed by atoms with Gasteiger partial charge < -0.3 is 10.6 Å². The Balaban J connectivity index is 2.19. The molecule has 0 aromatic heterocycles. The molecule has 0 radical (unpaired) electrons. The number of nitrogen functional groups attached to an aromatic ring is 1. The second-order valence-corrected chi connectivity index (χ2v) is 5.12. The molecule has 0 aliphatic carbocycles. The first-order valence-corrected chi connectivity index (χ1v) is 6.49. The number of nitrogens with zero attached hydrogens (tertiary/aromatic N) is 1. The van der Waals surface area contributed by atoms with E-state index >= 15 is 0 Å². The molecule has 2 aromatic carbocycles. The predicted molar refractivity (Wildman–Crippen MR) is 81.5 cm³/mol. The van der Waals surface area contributed by atoms with Crippen LogP contribution in [0.2, 0.25) is 0 Å². The minimum Gasteiger partial charge on any atom is -0.398 e. The molecule has 2 aromatic rings. The lowest BCUT2D eigenvalue weighted by Gasteiger charge is -2.31. The van der Waals surface area contributed by atoms with Crippen molar-refractivity contribution in [2.45, 2.75) is 26.8 Å². The summed E-state index contributed by atoms with van der Waals surface area (Å²) in [4.78, 5) is 1.38. The second kappa shape index (κ2) is 4.82. The molecule has 0 spiro atoms. The molecule has 1 heterocycles. The van der Waals surface area contributed by atoms with Crippen LogP contribution in [0.3, 0.4) is 0 Å². The number of fused-ring (bicyclic) bond motifs is 1. The molecular weight excluding hydrogens is 251 g/mol. The van der Waals surface area contributed by atoms with Gasteiger partial charge in [-0.15, -0.1) is 0 Å². The third-order valence-corrected chi connectivity index (χ3v) is 3.62. The number of aryl methyl sites for hydroxylation is 3. The number of halogens is 1. The average molecular weight is 274 g/mol. The summed E-state index contributed by atoms with van der Waals surface area (Å²) >= 11 is 0. The van der Waals surface area contributed by atoms with Crippen molar-refractivity contribution in [1.29, 1.82) is 0 Å². The van der Waals surface area contributed by atoms with Crippen molar-refractivity contribution in [3.63, 3.8) is 0 Å². The normalized spacial score (nSPS) is 22.2. The highest BCUT2D eigenvalue weighted by Gasteiger charge is 2.18. The van der Waals surface area contributed by atoms with Gasteiger partial charge in [-0.25, -0.2) is 4.39 Å². The van der Waals surface area contributed by atoms with Gasteiger partial charge in [-0.1, -0.05) is 6.07 Å². The van der Waals surface area contributed by atoms with E-state index in [2.05, 4.69) is 0 Å². The molecule has 1 aliphatic heterocycles. The maximum atomic E-state index is 13.5. The molecule has 3 rings (SSSR count). The quantitative estimate of drug-likeness (QED) is 0.805. The van der Waals surface area contributed by atoms with Crippen LogP contribution >= 0.6 is 0 Å². The molecule has 2 N–H and O–H groups in total. The zero-order valence-corrected chi connectivity index (χ0v) is 11.5. The number of benzene rings is 2. The predicted octanol–water partition coefficient (Wildman–Crippen LogP) is 3.59. The van der Waals surface area contributed by atoms with Gasteiger partial charge in [-0.2, -0.15) is 0 Å². The van der Waals surface area contributed by atoms with Crippen molar-refractivity contribution in [3.05, 3.63) is 58.4 Å². The van der Waals surface area contributed by atoms with E-state index < -0.39 is 18.7 Å². The highest BCUT2D eigenvalue weighted by Crippen LogP contribution is 2.29. The fourth-order valence-corrected chi connectivity index (χ4v) is 2.40.